The van der Waals surface area contributed by atoms with E-state index in [0.29, 0.717) is 31.9 Å². The number of hydrogen-bond donors (Lipinski definition) is 3. The van der Waals surface area contributed by atoms with Crippen molar-refractivity contribution in [2.45, 2.75) is 25.5 Å². The number of pyridine rings is 1. The monoisotopic (exact) mass is 452 g/mol. The van der Waals surface area contributed by atoms with E-state index in [-0.39, 0.29) is 0 Å². The van der Waals surface area contributed by atoms with Crippen molar-refractivity contribution in [3.63, 3.8) is 0 Å². The Morgan fingerprint density at radius 3 is 2.56 bits per heavy atom. The Bertz CT molecular complexity index is 1120. The summed E-state index contributed by atoms with van der Waals surface area (Å²) in [4.78, 5) is 4.02. The number of rotatable bonds is 9. The fourth-order valence-corrected chi connectivity index (χ4v) is 4.99. The third-order valence-electron chi connectivity index (χ3n) is 5.63. The topological polar surface area (TPSA) is 94.6 Å². The maximum atomic E-state index is 12.8. The second kappa shape index (κ2) is 10.2. The molecule has 4 rings (SSSR count). The molecule has 0 radical (unpaired) electrons. The van der Waals surface area contributed by atoms with Crippen LogP contribution in [-0.2, 0) is 29.6 Å². The molecule has 0 saturated heterocycles. The lowest BCUT2D eigenvalue weighted by molar-refractivity contribution is 0.174. The van der Waals surface area contributed by atoms with Crippen molar-refractivity contribution in [1.29, 1.82) is 0 Å². The van der Waals surface area contributed by atoms with Gasteiger partial charge in [0, 0.05) is 43.3 Å². The van der Waals surface area contributed by atoms with Gasteiger partial charge in [0.05, 0.1) is 6.10 Å². The molecule has 32 heavy (non-hydrogen) atoms. The Morgan fingerprint density at radius 2 is 1.81 bits per heavy atom. The summed E-state index contributed by atoms with van der Waals surface area (Å²) >= 11 is 0. The molecule has 1 aliphatic heterocycles. The second-order valence-corrected chi connectivity index (χ2v) is 9.58. The minimum absolute atomic E-state index is 0.389. The first kappa shape index (κ1) is 22.4. The Morgan fingerprint density at radius 1 is 1.03 bits per heavy atom. The summed E-state index contributed by atoms with van der Waals surface area (Å²) in [7, 11) is -3.61. The van der Waals surface area contributed by atoms with E-state index in [0.717, 1.165) is 29.5 Å². The number of nitrogens with zero attached hydrogens (tertiary/aromatic N) is 2. The molecule has 0 saturated carbocycles. The van der Waals surface area contributed by atoms with E-state index in [1.807, 2.05) is 36.4 Å². The van der Waals surface area contributed by atoms with E-state index in [4.69, 9.17) is 0 Å². The highest BCUT2D eigenvalue weighted by atomic mass is 32.2. The normalized spacial score (nSPS) is 15.2. The zero-order valence-electron chi connectivity index (χ0n) is 17.8. The second-order valence-electron chi connectivity index (χ2n) is 7.91. The van der Waals surface area contributed by atoms with Crippen LogP contribution in [0.25, 0.3) is 0 Å². The fraction of sp³-hybridized carbons (Fsp3) is 0.292. The molecule has 0 bridgehead atoms. The summed E-state index contributed by atoms with van der Waals surface area (Å²) in [5, 5.41) is 13.4. The number of aromatic nitrogens is 1. The van der Waals surface area contributed by atoms with E-state index in [9.17, 15) is 13.5 Å². The predicted octanol–water partition coefficient (Wildman–Crippen LogP) is 2.66. The molecule has 0 aliphatic carbocycles. The van der Waals surface area contributed by atoms with Gasteiger partial charge >= 0.3 is 10.2 Å². The Hall–Kier alpha value is -2.78. The molecular weight excluding hydrogens is 424 g/mol. The Labute approximate surface area is 189 Å². The molecule has 1 atom stereocenters. The minimum Gasteiger partial charge on any atom is -0.387 e. The molecular formula is C24H28N4O3S. The molecule has 3 aromatic rings. The van der Waals surface area contributed by atoms with Crippen molar-refractivity contribution in [3.8, 4) is 0 Å². The molecule has 0 amide bonds. The van der Waals surface area contributed by atoms with Crippen LogP contribution >= 0.6 is 0 Å². The third kappa shape index (κ3) is 5.72. The summed E-state index contributed by atoms with van der Waals surface area (Å²) < 4.78 is 29.8. The zero-order valence-corrected chi connectivity index (χ0v) is 18.6. The van der Waals surface area contributed by atoms with Gasteiger partial charge in [-0.3, -0.25) is 9.71 Å². The van der Waals surface area contributed by atoms with Crippen LogP contribution in [0.5, 0.6) is 0 Å². The lowest BCUT2D eigenvalue weighted by Gasteiger charge is -2.28. The maximum Gasteiger partial charge on any atom is 0.301 e. The summed E-state index contributed by atoms with van der Waals surface area (Å²) in [5.41, 5.74) is 4.69. The van der Waals surface area contributed by atoms with Gasteiger partial charge in [-0.05, 0) is 54.3 Å². The van der Waals surface area contributed by atoms with Gasteiger partial charge in [-0.25, -0.2) is 0 Å². The lowest BCUT2D eigenvalue weighted by Crippen LogP contribution is -2.39. The molecule has 0 fully saturated rings. The molecule has 2 heterocycles. The molecule has 0 spiro atoms. The number of nitrogens with one attached hydrogen (secondary N) is 2. The van der Waals surface area contributed by atoms with E-state index >= 15 is 0 Å². The van der Waals surface area contributed by atoms with Crippen molar-refractivity contribution < 1.29 is 13.5 Å². The number of aliphatic hydroxyl groups excluding tert-OH is 1. The first-order chi connectivity index (χ1) is 15.5. The van der Waals surface area contributed by atoms with Gasteiger partial charge in [-0.15, -0.1) is 0 Å². The Balaban J connectivity index is 1.25. The first-order valence-electron chi connectivity index (χ1n) is 10.7. The Kier molecular flexibility index (Phi) is 7.16. The number of fused-ring (bicyclic) bond motifs is 1. The van der Waals surface area contributed by atoms with Gasteiger partial charge in [-0.2, -0.15) is 12.7 Å². The molecule has 1 aliphatic rings. The first-order valence-corrected chi connectivity index (χ1v) is 12.2. The summed E-state index contributed by atoms with van der Waals surface area (Å²) in [6, 6.07) is 19.0. The number of anilines is 1. The molecule has 1 aromatic heterocycles. The molecule has 2 aromatic carbocycles. The van der Waals surface area contributed by atoms with E-state index in [2.05, 4.69) is 21.1 Å². The van der Waals surface area contributed by atoms with Crippen LogP contribution in [0, 0.1) is 0 Å². The summed E-state index contributed by atoms with van der Waals surface area (Å²) in [5.74, 6) is 0. The number of aliphatic hydroxyl groups is 1. The van der Waals surface area contributed by atoms with E-state index in [1.165, 1.54) is 9.87 Å². The third-order valence-corrected chi connectivity index (χ3v) is 7.12. The number of hydrogen-bond acceptors (Lipinski definition) is 5. The van der Waals surface area contributed by atoms with E-state index < -0.39 is 16.3 Å². The van der Waals surface area contributed by atoms with Gasteiger partial charge in [0.25, 0.3) is 0 Å². The standard InChI is InChI=1S/C24H28N4O3S/c29-24(21-6-3-13-25-16-21)17-26-14-11-19-7-9-23(10-8-19)27-32(30,31)28-15-12-20-4-1-2-5-22(20)18-28/h1-10,13,16,24,26-27,29H,11-12,14-15,17-18H2/t24-/m0/s1. The van der Waals surface area contributed by atoms with Crippen molar-refractivity contribution in [2.75, 3.05) is 24.4 Å². The average molecular weight is 453 g/mol. The van der Waals surface area contributed by atoms with Crippen LogP contribution in [0.2, 0.25) is 0 Å². The molecule has 0 unspecified atom stereocenters. The molecule has 7 nitrogen and oxygen atoms in total. The molecule has 8 heteroatoms. The quantitative estimate of drug-likeness (QED) is 0.434. The van der Waals surface area contributed by atoms with Crippen LogP contribution in [0.15, 0.2) is 73.1 Å². The smallest absolute Gasteiger partial charge is 0.301 e. The van der Waals surface area contributed by atoms with Crippen LogP contribution in [0.3, 0.4) is 0 Å². The largest absolute Gasteiger partial charge is 0.387 e. The summed E-state index contributed by atoms with van der Waals surface area (Å²) in [6.45, 7) is 2.01. The van der Waals surface area contributed by atoms with Gasteiger partial charge in [0.1, 0.15) is 0 Å². The predicted molar refractivity (Wildman–Crippen MR) is 125 cm³/mol. The van der Waals surface area contributed by atoms with Crippen molar-refractivity contribution in [2.24, 2.45) is 0 Å². The van der Waals surface area contributed by atoms with Gasteiger partial charge in [0.15, 0.2) is 0 Å². The van der Waals surface area contributed by atoms with Gasteiger partial charge in [0.2, 0.25) is 0 Å². The van der Waals surface area contributed by atoms with Crippen LogP contribution in [0.1, 0.15) is 28.4 Å². The highest BCUT2D eigenvalue weighted by molar-refractivity contribution is 7.90. The molecule has 3 N–H and O–H groups in total. The fourth-order valence-electron chi connectivity index (χ4n) is 3.79. The van der Waals surface area contributed by atoms with Crippen molar-refractivity contribution >= 4 is 15.9 Å². The SMILES string of the molecule is O=S(=O)(Nc1ccc(CCNC[C@H](O)c2cccnc2)cc1)N1CCc2ccccc2C1. The maximum absolute atomic E-state index is 12.8. The lowest BCUT2D eigenvalue weighted by atomic mass is 10.0. The van der Waals surface area contributed by atoms with Gasteiger partial charge < -0.3 is 10.4 Å². The van der Waals surface area contributed by atoms with E-state index in [1.54, 1.807) is 30.6 Å². The van der Waals surface area contributed by atoms with Crippen LogP contribution < -0.4 is 10.0 Å². The number of benzene rings is 2. The van der Waals surface area contributed by atoms with Crippen molar-refractivity contribution in [3.05, 3.63) is 95.3 Å². The zero-order chi connectivity index (χ0) is 22.4. The molecule has 168 valence electrons. The van der Waals surface area contributed by atoms with Crippen molar-refractivity contribution in [1.82, 2.24) is 14.6 Å². The highest BCUT2D eigenvalue weighted by Crippen LogP contribution is 2.22. The van der Waals surface area contributed by atoms with Crippen LogP contribution in [0.4, 0.5) is 5.69 Å². The average Bonchev–Trinajstić information content (AvgIpc) is 2.82. The van der Waals surface area contributed by atoms with Crippen LogP contribution in [-0.4, -0.2) is 42.4 Å². The summed E-state index contributed by atoms with van der Waals surface area (Å²) in [6.07, 6.45) is 4.24. The van der Waals surface area contributed by atoms with Gasteiger partial charge in [-0.1, -0.05) is 42.5 Å². The highest BCUT2D eigenvalue weighted by Gasteiger charge is 2.26. The minimum atomic E-state index is -3.61.